The van der Waals surface area contributed by atoms with Crippen molar-refractivity contribution in [3.05, 3.63) is 69.8 Å². The second-order valence-electron chi connectivity index (χ2n) is 11.8. The molecule has 0 aromatic heterocycles. The smallest absolute Gasteiger partial charge is 0.338 e. The van der Waals surface area contributed by atoms with Crippen LogP contribution in [0.1, 0.15) is 113 Å². The summed E-state index contributed by atoms with van der Waals surface area (Å²) in [5, 5.41) is 0. The van der Waals surface area contributed by atoms with Crippen LogP contribution in [0.25, 0.3) is 11.6 Å². The number of hydrogen-bond donors (Lipinski definition) is 0. The Morgan fingerprint density at radius 3 is 2.00 bits per heavy atom. The minimum Gasteiger partial charge on any atom is -0.459 e. The molecule has 2 aromatic carbocycles. The fourth-order valence-electron chi connectivity index (χ4n) is 4.96. The molecule has 1 aliphatic carbocycles. The van der Waals surface area contributed by atoms with Crippen molar-refractivity contribution in [2.75, 3.05) is 0 Å². The first-order chi connectivity index (χ1) is 15.3. The molecule has 2 nitrogen and oxygen atoms in total. The van der Waals surface area contributed by atoms with Crippen molar-refractivity contribution in [3.63, 3.8) is 0 Å². The van der Waals surface area contributed by atoms with Crippen molar-refractivity contribution >= 4 is 17.6 Å². The summed E-state index contributed by atoms with van der Waals surface area (Å²) < 4.78 is 5.31. The molecular formula is C31H42O2. The van der Waals surface area contributed by atoms with Crippen LogP contribution < -0.4 is 0 Å². The number of rotatable bonds is 6. The molecule has 0 atom stereocenters. The van der Waals surface area contributed by atoms with Gasteiger partial charge in [-0.05, 0) is 102 Å². The Labute approximate surface area is 201 Å². The van der Waals surface area contributed by atoms with Gasteiger partial charge in [0.15, 0.2) is 0 Å². The lowest BCUT2D eigenvalue weighted by atomic mass is 9.62. The van der Waals surface area contributed by atoms with E-state index < -0.39 is 0 Å². The van der Waals surface area contributed by atoms with Crippen molar-refractivity contribution < 1.29 is 9.53 Å². The first-order valence-electron chi connectivity index (χ1n) is 12.5. The minimum absolute atomic E-state index is 0.114. The number of hydrogen-bond acceptors (Lipinski definition) is 2. The molecule has 2 aromatic rings. The van der Waals surface area contributed by atoms with Gasteiger partial charge in [-0.2, -0.15) is 0 Å². The van der Waals surface area contributed by atoms with Crippen LogP contribution in [0.3, 0.4) is 0 Å². The Kier molecular flexibility index (Phi) is 7.27. The maximum Gasteiger partial charge on any atom is 0.338 e. The molecule has 1 aliphatic rings. The van der Waals surface area contributed by atoms with Gasteiger partial charge in [0.1, 0.15) is 0 Å². The van der Waals surface area contributed by atoms with Crippen LogP contribution in [-0.2, 0) is 22.0 Å². The number of carbonyl (C=O) groups is 1. The summed E-state index contributed by atoms with van der Waals surface area (Å²) in [4.78, 5) is 12.2. The van der Waals surface area contributed by atoms with Crippen molar-refractivity contribution in [3.8, 4) is 0 Å². The zero-order chi connectivity index (χ0) is 24.6. The van der Waals surface area contributed by atoms with Crippen LogP contribution in [-0.4, -0.2) is 12.1 Å². The van der Waals surface area contributed by atoms with Gasteiger partial charge in [-0.3, -0.25) is 0 Å². The van der Waals surface area contributed by atoms with E-state index in [4.69, 9.17) is 4.74 Å². The van der Waals surface area contributed by atoms with E-state index >= 15 is 0 Å². The average molecular weight is 447 g/mol. The van der Waals surface area contributed by atoms with E-state index in [0.29, 0.717) is 11.5 Å². The summed E-state index contributed by atoms with van der Waals surface area (Å²) in [5.74, 6) is 0.330. The summed E-state index contributed by atoms with van der Waals surface area (Å²) in [6, 6.07) is 12.7. The Bertz CT molecular complexity index is 1030. The van der Waals surface area contributed by atoms with Crippen LogP contribution in [0.2, 0.25) is 0 Å². The molecule has 33 heavy (non-hydrogen) atoms. The van der Waals surface area contributed by atoms with Crippen LogP contribution in [0.4, 0.5) is 0 Å². The predicted molar refractivity (Wildman–Crippen MR) is 141 cm³/mol. The quantitative estimate of drug-likeness (QED) is 0.329. The summed E-state index contributed by atoms with van der Waals surface area (Å²) in [6.07, 6.45) is 5.64. The third kappa shape index (κ3) is 5.78. The molecule has 0 radical (unpaired) electrons. The molecular weight excluding hydrogens is 404 g/mol. The third-order valence-corrected chi connectivity index (χ3v) is 7.00. The van der Waals surface area contributed by atoms with E-state index in [1.54, 1.807) is 0 Å². The second-order valence-corrected chi connectivity index (χ2v) is 11.8. The first kappa shape index (κ1) is 25.3. The number of esters is 1. The van der Waals surface area contributed by atoms with E-state index in [-0.39, 0.29) is 22.9 Å². The molecule has 3 rings (SSSR count). The van der Waals surface area contributed by atoms with Crippen LogP contribution in [0.15, 0.2) is 36.4 Å². The van der Waals surface area contributed by atoms with E-state index in [0.717, 1.165) is 12.0 Å². The van der Waals surface area contributed by atoms with Crippen LogP contribution >= 0.6 is 0 Å². The normalized spacial score (nSPS) is 17.2. The van der Waals surface area contributed by atoms with Gasteiger partial charge in [0.2, 0.25) is 0 Å². The maximum absolute atomic E-state index is 12.2. The monoisotopic (exact) mass is 446 g/mol. The Balaban J connectivity index is 2.03. The van der Waals surface area contributed by atoms with Gasteiger partial charge < -0.3 is 4.74 Å². The van der Waals surface area contributed by atoms with Gasteiger partial charge >= 0.3 is 5.97 Å². The third-order valence-electron chi connectivity index (χ3n) is 7.00. The average Bonchev–Trinajstić information content (AvgIpc) is 2.70. The standard InChI is InChI=1S/C31H42O2/c1-20(2)16-25-18-27-28(31(8,9)15-14-30(27,6)7)19-26(25)22(5)17-23-10-12-24(13-11-23)29(32)33-21(3)4/h10-13,17-21H,14-16H2,1-9H3/b22-17+. The molecule has 0 N–H and O–H groups in total. The zero-order valence-corrected chi connectivity index (χ0v) is 22.1. The lowest BCUT2D eigenvalue weighted by Crippen LogP contribution is -2.34. The Morgan fingerprint density at radius 2 is 1.48 bits per heavy atom. The molecule has 0 heterocycles. The van der Waals surface area contributed by atoms with Crippen molar-refractivity contribution in [1.29, 1.82) is 0 Å². The van der Waals surface area contributed by atoms with Gasteiger partial charge in [-0.1, -0.05) is 71.9 Å². The van der Waals surface area contributed by atoms with Crippen molar-refractivity contribution in [1.82, 2.24) is 0 Å². The number of carbonyl (C=O) groups excluding carboxylic acids is 1. The van der Waals surface area contributed by atoms with E-state index in [1.165, 1.54) is 40.7 Å². The van der Waals surface area contributed by atoms with Crippen LogP contribution in [0.5, 0.6) is 0 Å². The fraction of sp³-hybridized carbons (Fsp3) is 0.516. The highest BCUT2D eigenvalue weighted by atomic mass is 16.5. The molecule has 0 saturated carbocycles. The molecule has 0 spiro atoms. The topological polar surface area (TPSA) is 26.3 Å². The highest BCUT2D eigenvalue weighted by Gasteiger charge is 2.37. The van der Waals surface area contributed by atoms with Crippen molar-refractivity contribution in [2.45, 2.75) is 98.5 Å². The maximum atomic E-state index is 12.2. The zero-order valence-electron chi connectivity index (χ0n) is 22.1. The van der Waals surface area contributed by atoms with Gasteiger partial charge in [-0.25, -0.2) is 4.79 Å². The Hall–Kier alpha value is -2.35. The summed E-state index contributed by atoms with van der Waals surface area (Å²) in [6.45, 7) is 20.1. The molecule has 0 saturated heterocycles. The molecule has 2 heteroatoms. The molecule has 0 amide bonds. The summed E-state index contributed by atoms with van der Waals surface area (Å²) in [7, 11) is 0. The largest absolute Gasteiger partial charge is 0.459 e. The minimum atomic E-state index is -0.268. The second kappa shape index (κ2) is 9.49. The molecule has 178 valence electrons. The molecule has 0 aliphatic heterocycles. The predicted octanol–water partition coefficient (Wildman–Crippen LogP) is 8.36. The van der Waals surface area contributed by atoms with Gasteiger partial charge in [-0.15, -0.1) is 0 Å². The SMILES string of the molecule is C/C(=C\c1ccc(C(=O)OC(C)C)cc1)c1cc2c(cc1CC(C)C)C(C)(C)CCC2(C)C. The van der Waals surface area contributed by atoms with Crippen LogP contribution in [0, 0.1) is 5.92 Å². The van der Waals surface area contributed by atoms with E-state index in [1.807, 2.05) is 38.1 Å². The lowest BCUT2D eigenvalue weighted by molar-refractivity contribution is 0.0378. The number of benzene rings is 2. The Morgan fingerprint density at radius 1 is 0.939 bits per heavy atom. The molecule has 0 fully saturated rings. The lowest BCUT2D eigenvalue weighted by Gasteiger charge is -2.42. The fourth-order valence-corrected chi connectivity index (χ4v) is 4.96. The van der Waals surface area contributed by atoms with Crippen molar-refractivity contribution in [2.24, 2.45) is 5.92 Å². The molecule has 0 bridgehead atoms. The number of allylic oxidation sites excluding steroid dienone is 1. The number of fused-ring (bicyclic) bond motifs is 1. The first-order valence-corrected chi connectivity index (χ1v) is 12.5. The van der Waals surface area contributed by atoms with Gasteiger partial charge in [0, 0.05) is 0 Å². The summed E-state index contributed by atoms with van der Waals surface area (Å²) >= 11 is 0. The van der Waals surface area contributed by atoms with Gasteiger partial charge in [0.25, 0.3) is 0 Å². The summed E-state index contributed by atoms with van der Waals surface area (Å²) in [5.41, 5.74) is 9.20. The van der Waals surface area contributed by atoms with Gasteiger partial charge in [0.05, 0.1) is 11.7 Å². The number of ether oxygens (including phenoxy) is 1. The van der Waals surface area contributed by atoms with E-state index in [2.05, 4.69) is 66.7 Å². The highest BCUT2D eigenvalue weighted by molar-refractivity contribution is 5.90. The highest BCUT2D eigenvalue weighted by Crippen LogP contribution is 2.47. The molecule has 0 unspecified atom stereocenters. The van der Waals surface area contributed by atoms with E-state index in [9.17, 15) is 4.79 Å².